The highest BCUT2D eigenvalue weighted by molar-refractivity contribution is 5.14. The van der Waals surface area contributed by atoms with Crippen molar-refractivity contribution in [2.75, 3.05) is 13.1 Å². The van der Waals surface area contributed by atoms with Crippen LogP contribution in [-0.2, 0) is 4.74 Å². The Labute approximate surface area is 117 Å². The number of nitrogens with zero attached hydrogens (tertiary/aromatic N) is 1. The van der Waals surface area contributed by atoms with Crippen molar-refractivity contribution in [3.8, 4) is 0 Å². The fourth-order valence-corrected chi connectivity index (χ4v) is 1.95. The topological polar surface area (TPSA) is 12.5 Å². The van der Waals surface area contributed by atoms with Gasteiger partial charge in [-0.3, -0.25) is 4.90 Å². The number of halogens is 10. The molecule has 1 heterocycles. The van der Waals surface area contributed by atoms with E-state index in [2.05, 4.69) is 4.74 Å². The zero-order valence-electron chi connectivity index (χ0n) is 10.7. The molecule has 0 aliphatic carbocycles. The fourth-order valence-electron chi connectivity index (χ4n) is 1.95. The molecule has 22 heavy (non-hydrogen) atoms. The van der Waals surface area contributed by atoms with E-state index in [4.69, 9.17) is 0 Å². The molecule has 1 saturated heterocycles. The molecule has 0 aromatic rings. The molecule has 0 aromatic heterocycles. The summed E-state index contributed by atoms with van der Waals surface area (Å²) >= 11 is 0. The Hall–Kier alpha value is -1.04. The Morgan fingerprint density at radius 3 is 1.82 bits per heavy atom. The molecule has 1 aliphatic heterocycles. The molecule has 0 amide bonds. The first kappa shape index (κ1) is 19.0. The van der Waals surface area contributed by atoms with Crippen molar-refractivity contribution in [2.24, 2.45) is 0 Å². The van der Waals surface area contributed by atoms with Crippen molar-refractivity contribution in [1.29, 1.82) is 0 Å². The maximum absolute atomic E-state index is 14.0. The molecular weight excluding hydrogens is 340 g/mol. The molecule has 12 heteroatoms. The van der Waals surface area contributed by atoms with E-state index in [1.165, 1.54) is 0 Å². The molecule has 1 aliphatic rings. The maximum Gasteiger partial charge on any atom is 0.443 e. The van der Waals surface area contributed by atoms with Crippen molar-refractivity contribution in [3.05, 3.63) is 11.9 Å². The van der Waals surface area contributed by atoms with E-state index < -0.39 is 60.3 Å². The van der Waals surface area contributed by atoms with Gasteiger partial charge < -0.3 is 4.74 Å². The van der Waals surface area contributed by atoms with Crippen molar-refractivity contribution in [2.45, 2.75) is 37.3 Å². The van der Waals surface area contributed by atoms with Gasteiger partial charge in [0.15, 0.2) is 6.10 Å². The lowest BCUT2D eigenvalue weighted by molar-refractivity contribution is -0.312. The van der Waals surface area contributed by atoms with E-state index in [0.29, 0.717) is 0 Å². The van der Waals surface area contributed by atoms with Crippen molar-refractivity contribution >= 4 is 0 Å². The highest BCUT2D eigenvalue weighted by atomic mass is 19.4. The van der Waals surface area contributed by atoms with Gasteiger partial charge in [-0.1, -0.05) is 0 Å². The van der Waals surface area contributed by atoms with Crippen LogP contribution in [-0.4, -0.2) is 48.3 Å². The molecule has 0 aromatic carbocycles. The van der Waals surface area contributed by atoms with Gasteiger partial charge in [0.05, 0.1) is 6.10 Å². The fraction of sp³-hybridized carbons (Fsp3) is 0.800. The van der Waals surface area contributed by atoms with Crippen LogP contribution in [0.2, 0.25) is 0 Å². The number of hydrogen-bond acceptors (Lipinski definition) is 2. The van der Waals surface area contributed by atoms with Crippen LogP contribution in [0.1, 0.15) is 6.92 Å². The first-order valence-corrected chi connectivity index (χ1v) is 5.65. The van der Waals surface area contributed by atoms with Crippen LogP contribution in [0.3, 0.4) is 0 Å². The monoisotopic (exact) mass is 349 g/mol. The Morgan fingerprint density at radius 1 is 0.955 bits per heavy atom. The largest absolute Gasteiger partial charge is 0.443 e. The predicted octanol–water partition coefficient (Wildman–Crippen LogP) is 3.94. The van der Waals surface area contributed by atoms with E-state index in [-0.39, 0.29) is 0 Å². The summed E-state index contributed by atoms with van der Waals surface area (Å²) in [5.74, 6) is -8.86. The Kier molecular flexibility index (Phi) is 5.07. The number of ether oxygens (including phenoxy) is 1. The molecule has 0 bridgehead atoms. The molecule has 0 radical (unpaired) electrons. The third-order valence-electron chi connectivity index (χ3n) is 2.89. The summed E-state index contributed by atoms with van der Waals surface area (Å²) < 4.78 is 131. The number of alkyl halides is 7. The quantitative estimate of drug-likeness (QED) is 0.553. The van der Waals surface area contributed by atoms with Gasteiger partial charge in [0.25, 0.3) is 0 Å². The highest BCUT2D eigenvalue weighted by Crippen LogP contribution is 2.46. The summed E-state index contributed by atoms with van der Waals surface area (Å²) in [6.45, 7) is -2.08. The van der Waals surface area contributed by atoms with Gasteiger partial charge in [-0.25, -0.2) is 8.78 Å². The summed E-state index contributed by atoms with van der Waals surface area (Å²) in [6.07, 6.45) is -19.5. The van der Waals surface area contributed by atoms with Crippen LogP contribution >= 0.6 is 0 Å². The smallest absolute Gasteiger partial charge is 0.363 e. The van der Waals surface area contributed by atoms with E-state index in [1.807, 2.05) is 0 Å². The van der Waals surface area contributed by atoms with E-state index in [9.17, 15) is 43.9 Å². The van der Waals surface area contributed by atoms with Crippen LogP contribution < -0.4 is 0 Å². The number of morpholine rings is 1. The van der Waals surface area contributed by atoms with Crippen LogP contribution in [0, 0.1) is 0 Å². The third kappa shape index (κ3) is 3.47. The molecular formula is C10H9F10NO. The predicted molar refractivity (Wildman–Crippen MR) is 52.2 cm³/mol. The summed E-state index contributed by atoms with van der Waals surface area (Å²) in [7, 11) is 0. The third-order valence-corrected chi connectivity index (χ3v) is 2.89. The summed E-state index contributed by atoms with van der Waals surface area (Å²) in [5, 5.41) is 0. The Balaban J connectivity index is 3.29. The lowest BCUT2D eigenvalue weighted by atomic mass is 10.1. The summed E-state index contributed by atoms with van der Waals surface area (Å²) in [5.41, 5.74) is 0. The first-order chi connectivity index (χ1) is 9.71. The van der Waals surface area contributed by atoms with Gasteiger partial charge in [0, 0.05) is 13.1 Å². The molecule has 3 atom stereocenters. The average molecular weight is 349 g/mol. The average Bonchev–Trinajstić information content (AvgIpc) is 2.33. The standard InChI is InChI=1S/C10H9F10NO/c1-4-2-21(3-5(22-4)9(15,16)17)8(14,10(18,19)20)6(11)7(12)13/h4-5H,2-3H2,1H3. The number of rotatable bonds is 2. The van der Waals surface area contributed by atoms with Crippen molar-refractivity contribution < 1.29 is 48.6 Å². The summed E-state index contributed by atoms with van der Waals surface area (Å²) in [6, 6.07) is 0. The summed E-state index contributed by atoms with van der Waals surface area (Å²) in [4.78, 5) is -0.687. The van der Waals surface area contributed by atoms with Gasteiger partial charge in [0.1, 0.15) is 0 Å². The second kappa shape index (κ2) is 5.87. The van der Waals surface area contributed by atoms with Crippen molar-refractivity contribution in [1.82, 2.24) is 4.90 Å². The lowest BCUT2D eigenvalue weighted by Crippen LogP contribution is -2.64. The van der Waals surface area contributed by atoms with Crippen LogP contribution in [0.4, 0.5) is 43.9 Å². The maximum atomic E-state index is 14.0. The molecule has 2 nitrogen and oxygen atoms in total. The van der Waals surface area contributed by atoms with E-state index >= 15 is 0 Å². The second-order valence-corrected chi connectivity index (χ2v) is 4.58. The molecule has 0 N–H and O–H groups in total. The van der Waals surface area contributed by atoms with Crippen molar-refractivity contribution in [3.63, 3.8) is 0 Å². The van der Waals surface area contributed by atoms with Gasteiger partial charge in [-0.2, -0.15) is 35.1 Å². The Bertz CT molecular complexity index is 440. The van der Waals surface area contributed by atoms with Crippen LogP contribution in [0.15, 0.2) is 11.9 Å². The SMILES string of the molecule is CC1CN(C(F)(C(F)=C(F)F)C(F)(F)F)CC(C(F)(F)F)O1. The van der Waals surface area contributed by atoms with E-state index in [1.54, 1.807) is 0 Å². The molecule has 0 saturated carbocycles. The second-order valence-electron chi connectivity index (χ2n) is 4.58. The molecule has 1 rings (SSSR count). The molecule has 0 spiro atoms. The Morgan fingerprint density at radius 2 is 1.45 bits per heavy atom. The normalized spacial score (nSPS) is 27.4. The number of hydrogen-bond donors (Lipinski definition) is 0. The molecule has 3 unspecified atom stereocenters. The highest BCUT2D eigenvalue weighted by Gasteiger charge is 2.67. The minimum Gasteiger partial charge on any atom is -0.363 e. The van der Waals surface area contributed by atoms with Gasteiger partial charge >= 0.3 is 24.2 Å². The minimum absolute atomic E-state index is 0.687. The van der Waals surface area contributed by atoms with Gasteiger partial charge in [-0.15, -0.1) is 0 Å². The zero-order valence-corrected chi connectivity index (χ0v) is 10.7. The van der Waals surface area contributed by atoms with E-state index in [0.717, 1.165) is 6.92 Å². The lowest BCUT2D eigenvalue weighted by Gasteiger charge is -2.44. The van der Waals surface area contributed by atoms with Crippen LogP contribution in [0.25, 0.3) is 0 Å². The van der Waals surface area contributed by atoms with Gasteiger partial charge in [-0.05, 0) is 6.92 Å². The molecule has 1 fully saturated rings. The zero-order chi connectivity index (χ0) is 17.5. The molecule has 130 valence electrons. The minimum atomic E-state index is -6.21. The first-order valence-electron chi connectivity index (χ1n) is 5.65. The van der Waals surface area contributed by atoms with Crippen LogP contribution in [0.5, 0.6) is 0 Å². The van der Waals surface area contributed by atoms with Gasteiger partial charge in [0.2, 0.25) is 5.83 Å².